The minimum atomic E-state index is -1.41. The van der Waals surface area contributed by atoms with E-state index in [0.717, 1.165) is 11.3 Å². The number of rotatable bonds is 10. The number of urea groups is 1. The summed E-state index contributed by atoms with van der Waals surface area (Å²) >= 11 is 0. The van der Waals surface area contributed by atoms with Crippen molar-refractivity contribution in [2.75, 3.05) is 45.4 Å². The molecule has 3 N–H and O–H groups in total. The third-order valence-corrected chi connectivity index (χ3v) is 8.39. The van der Waals surface area contributed by atoms with Crippen molar-refractivity contribution in [3.8, 4) is 11.5 Å². The highest BCUT2D eigenvalue weighted by molar-refractivity contribution is 6.01. The Bertz CT molecular complexity index is 1500. The highest BCUT2D eigenvalue weighted by Crippen LogP contribution is 2.40. The lowest BCUT2D eigenvalue weighted by molar-refractivity contribution is -0.139. The molecule has 3 aromatic rings. The Balaban J connectivity index is 1.24. The molecule has 0 unspecified atom stereocenters. The SMILES string of the molecule is COc1cccc(OC)c1C(=O)N[C@@H](CNC(=O)N1CCC2(CC1)C(=O)N(Cc1ccccc1)CN2c1ccccc1)C(=O)O. The van der Waals surface area contributed by atoms with Crippen LogP contribution in [0.4, 0.5) is 10.5 Å². The molecular weight excluding hydrogens is 578 g/mol. The average molecular weight is 616 g/mol. The lowest BCUT2D eigenvalue weighted by Gasteiger charge is -2.43. The molecule has 0 aromatic heterocycles. The smallest absolute Gasteiger partial charge is 0.328 e. The molecule has 0 bridgehead atoms. The molecular formula is C33H37N5O7. The van der Waals surface area contributed by atoms with Crippen molar-refractivity contribution in [2.24, 2.45) is 0 Å². The Hall–Kier alpha value is -5.26. The van der Waals surface area contributed by atoms with E-state index in [1.165, 1.54) is 14.2 Å². The Kier molecular flexibility index (Phi) is 9.41. The van der Waals surface area contributed by atoms with Crippen molar-refractivity contribution < 1.29 is 33.8 Å². The molecule has 1 atom stereocenters. The molecule has 12 heteroatoms. The van der Waals surface area contributed by atoms with Gasteiger partial charge in [0.2, 0.25) is 5.91 Å². The Morgan fingerprint density at radius 1 is 0.889 bits per heavy atom. The summed E-state index contributed by atoms with van der Waals surface area (Å²) in [4.78, 5) is 57.8. The molecule has 2 fully saturated rings. The number of amides is 4. The summed E-state index contributed by atoms with van der Waals surface area (Å²) in [5.74, 6) is -1.57. The van der Waals surface area contributed by atoms with Gasteiger partial charge < -0.3 is 39.9 Å². The zero-order chi connectivity index (χ0) is 32.0. The predicted molar refractivity (Wildman–Crippen MR) is 166 cm³/mol. The highest BCUT2D eigenvalue weighted by Gasteiger charge is 2.54. The Morgan fingerprint density at radius 3 is 2.07 bits per heavy atom. The van der Waals surface area contributed by atoms with Gasteiger partial charge >= 0.3 is 12.0 Å². The Labute approximate surface area is 261 Å². The first-order valence-electron chi connectivity index (χ1n) is 14.7. The van der Waals surface area contributed by atoms with Crippen LogP contribution < -0.4 is 25.0 Å². The van der Waals surface area contributed by atoms with Crippen molar-refractivity contribution in [1.29, 1.82) is 0 Å². The number of para-hydroxylation sites is 1. The first kappa shape index (κ1) is 31.2. The van der Waals surface area contributed by atoms with Gasteiger partial charge in [-0.1, -0.05) is 54.6 Å². The first-order valence-corrected chi connectivity index (χ1v) is 14.7. The highest BCUT2D eigenvalue weighted by atomic mass is 16.5. The minimum absolute atomic E-state index is 0.0238. The number of likely N-dealkylation sites (tertiary alicyclic amines) is 1. The van der Waals surface area contributed by atoms with Crippen LogP contribution in [-0.4, -0.2) is 90.8 Å². The maximum absolute atomic E-state index is 14.0. The molecule has 1 spiro atoms. The summed E-state index contributed by atoms with van der Waals surface area (Å²) in [6, 6.07) is 22.5. The maximum Gasteiger partial charge on any atom is 0.328 e. The van der Waals surface area contributed by atoms with E-state index in [4.69, 9.17) is 9.47 Å². The molecule has 45 heavy (non-hydrogen) atoms. The van der Waals surface area contributed by atoms with Crippen LogP contribution in [0.15, 0.2) is 78.9 Å². The summed E-state index contributed by atoms with van der Waals surface area (Å²) in [6.07, 6.45) is 0.818. The van der Waals surface area contributed by atoms with Gasteiger partial charge in [0.25, 0.3) is 5.91 Å². The van der Waals surface area contributed by atoms with E-state index in [2.05, 4.69) is 15.5 Å². The number of anilines is 1. The second kappa shape index (κ2) is 13.6. The molecule has 2 aliphatic rings. The molecule has 3 aromatic carbocycles. The van der Waals surface area contributed by atoms with Gasteiger partial charge in [0.1, 0.15) is 28.6 Å². The van der Waals surface area contributed by atoms with Gasteiger partial charge in [-0.05, 0) is 42.7 Å². The molecule has 2 heterocycles. The number of nitrogens with zero attached hydrogens (tertiary/aromatic N) is 3. The molecule has 2 aliphatic heterocycles. The van der Waals surface area contributed by atoms with Crippen molar-refractivity contribution in [1.82, 2.24) is 20.4 Å². The third-order valence-electron chi connectivity index (χ3n) is 8.39. The number of carbonyl (C=O) groups excluding carboxylic acids is 3. The normalized spacial score (nSPS) is 16.3. The zero-order valence-corrected chi connectivity index (χ0v) is 25.3. The number of piperidine rings is 1. The van der Waals surface area contributed by atoms with Crippen molar-refractivity contribution in [3.63, 3.8) is 0 Å². The third kappa shape index (κ3) is 6.49. The van der Waals surface area contributed by atoms with Gasteiger partial charge in [-0.2, -0.15) is 0 Å². The van der Waals surface area contributed by atoms with Crippen LogP contribution in [0.1, 0.15) is 28.8 Å². The molecule has 2 saturated heterocycles. The number of hydrogen-bond donors (Lipinski definition) is 3. The summed E-state index contributed by atoms with van der Waals surface area (Å²) in [5.41, 5.74) is 1.22. The van der Waals surface area contributed by atoms with Crippen LogP contribution in [0.2, 0.25) is 0 Å². The first-order chi connectivity index (χ1) is 21.8. The number of ether oxygens (including phenoxy) is 2. The molecule has 0 radical (unpaired) electrons. The van der Waals surface area contributed by atoms with Gasteiger partial charge in [-0.3, -0.25) is 9.59 Å². The van der Waals surface area contributed by atoms with Gasteiger partial charge in [-0.15, -0.1) is 0 Å². The van der Waals surface area contributed by atoms with E-state index in [-0.39, 0.29) is 29.5 Å². The van der Waals surface area contributed by atoms with Crippen molar-refractivity contribution in [2.45, 2.75) is 31.0 Å². The number of methoxy groups -OCH3 is 2. The number of carboxylic acids is 1. The van der Waals surface area contributed by atoms with E-state index in [9.17, 15) is 24.3 Å². The summed E-state index contributed by atoms with van der Waals surface area (Å²) < 4.78 is 10.5. The number of carboxylic acid groups (broad SMARTS) is 1. The lowest BCUT2D eigenvalue weighted by Crippen LogP contribution is -2.59. The van der Waals surface area contributed by atoms with Crippen LogP contribution >= 0.6 is 0 Å². The topological polar surface area (TPSA) is 141 Å². The predicted octanol–water partition coefficient (Wildman–Crippen LogP) is 2.94. The van der Waals surface area contributed by atoms with E-state index in [0.29, 0.717) is 39.1 Å². The largest absolute Gasteiger partial charge is 0.496 e. The van der Waals surface area contributed by atoms with E-state index in [1.807, 2.05) is 65.6 Å². The second-order valence-corrected chi connectivity index (χ2v) is 11.0. The molecule has 0 saturated carbocycles. The average Bonchev–Trinajstić information content (AvgIpc) is 3.33. The maximum atomic E-state index is 14.0. The molecule has 12 nitrogen and oxygen atoms in total. The van der Waals surface area contributed by atoms with Gasteiger partial charge in [0.05, 0.1) is 27.4 Å². The van der Waals surface area contributed by atoms with Crippen LogP contribution in [0.25, 0.3) is 0 Å². The van der Waals surface area contributed by atoms with E-state index < -0.39 is 29.5 Å². The molecule has 0 aliphatic carbocycles. The van der Waals surface area contributed by atoms with Crippen molar-refractivity contribution in [3.05, 3.63) is 90.0 Å². The summed E-state index contributed by atoms with van der Waals surface area (Å²) in [6.45, 7) is 1.16. The zero-order valence-electron chi connectivity index (χ0n) is 25.3. The number of aliphatic carboxylic acids is 1. The quantitative estimate of drug-likeness (QED) is 0.316. The van der Waals surface area contributed by atoms with Crippen LogP contribution in [0.3, 0.4) is 0 Å². The summed E-state index contributed by atoms with van der Waals surface area (Å²) in [5, 5.41) is 14.9. The minimum Gasteiger partial charge on any atom is -0.496 e. The van der Waals surface area contributed by atoms with Gasteiger partial charge in [0, 0.05) is 25.3 Å². The number of carbonyl (C=O) groups is 4. The Morgan fingerprint density at radius 2 is 1.49 bits per heavy atom. The van der Waals surface area contributed by atoms with Crippen LogP contribution in [0, 0.1) is 0 Å². The van der Waals surface area contributed by atoms with Crippen molar-refractivity contribution >= 4 is 29.5 Å². The number of nitrogens with one attached hydrogen (secondary N) is 2. The van der Waals surface area contributed by atoms with Crippen LogP contribution in [-0.2, 0) is 16.1 Å². The number of hydrogen-bond acceptors (Lipinski definition) is 7. The monoisotopic (exact) mass is 615 g/mol. The van der Waals surface area contributed by atoms with Gasteiger partial charge in [-0.25, -0.2) is 9.59 Å². The van der Waals surface area contributed by atoms with Crippen LogP contribution in [0.5, 0.6) is 11.5 Å². The summed E-state index contributed by atoms with van der Waals surface area (Å²) in [7, 11) is 2.78. The molecule has 5 rings (SSSR count). The van der Waals surface area contributed by atoms with E-state index >= 15 is 0 Å². The fraction of sp³-hybridized carbons (Fsp3) is 0.333. The molecule has 4 amide bonds. The molecule has 236 valence electrons. The lowest BCUT2D eigenvalue weighted by atomic mass is 9.85. The van der Waals surface area contributed by atoms with Gasteiger partial charge in [0.15, 0.2) is 0 Å². The van der Waals surface area contributed by atoms with E-state index in [1.54, 1.807) is 23.1 Å². The number of benzene rings is 3. The fourth-order valence-electron chi connectivity index (χ4n) is 6.01. The second-order valence-electron chi connectivity index (χ2n) is 11.0. The fourth-order valence-corrected chi connectivity index (χ4v) is 6.01. The standard InChI is InChI=1S/C33H37N5O7/c1-44-26-14-9-15-27(45-2)28(26)29(39)35-25(30(40)41)20-34-32(43)36-18-16-33(17-19-36)31(42)37(21-23-10-5-3-6-11-23)22-38(33)24-12-7-4-8-13-24/h3-15,25H,16-22H2,1-2H3,(H,34,43)(H,35,39)(H,40,41)/t25-/m0/s1.